The Labute approximate surface area is 179 Å². The minimum absolute atomic E-state index is 0.272. The van der Waals surface area contributed by atoms with Crippen molar-refractivity contribution in [3.05, 3.63) is 65.6 Å². The maximum absolute atomic E-state index is 13.4. The molecule has 1 amide bonds. The Balaban J connectivity index is 1.79. The van der Waals surface area contributed by atoms with Gasteiger partial charge >= 0.3 is 0 Å². The molecule has 160 valence electrons. The van der Waals surface area contributed by atoms with Crippen molar-refractivity contribution in [1.82, 2.24) is 14.8 Å². The molecule has 1 aliphatic heterocycles. The van der Waals surface area contributed by atoms with Crippen LogP contribution in [0.5, 0.6) is 17.2 Å². The lowest BCUT2D eigenvalue weighted by atomic mass is 9.94. The number of amides is 1. The highest BCUT2D eigenvalue weighted by atomic mass is 16.5. The molecule has 9 heteroatoms. The van der Waals surface area contributed by atoms with Crippen molar-refractivity contribution < 1.29 is 19.0 Å². The van der Waals surface area contributed by atoms with Gasteiger partial charge in [0.2, 0.25) is 5.95 Å². The molecule has 2 aromatic carbocycles. The summed E-state index contributed by atoms with van der Waals surface area (Å²) < 4.78 is 18.0. The van der Waals surface area contributed by atoms with E-state index in [9.17, 15) is 4.79 Å². The molecule has 0 unspecified atom stereocenters. The molecule has 0 spiro atoms. The lowest BCUT2D eigenvalue weighted by Crippen LogP contribution is -2.31. The fourth-order valence-corrected chi connectivity index (χ4v) is 3.67. The largest absolute Gasteiger partial charge is 0.497 e. The molecular formula is C22H23N5O4. The monoisotopic (exact) mass is 421 g/mol. The number of nitrogens with zero attached hydrogens (tertiary/aromatic N) is 3. The standard InChI is InChI=1S/C22H23N5O4/c1-13-18(21(28)26-14-8-10-15(29-2)11-9-14)19(27-22(25-13)23-12-24-27)16-6-5-7-17(30-3)20(16)31-4/h5-12,19H,1-4H3,(H,26,28)(H,23,24,25)/t19-/m0/s1. The first-order chi connectivity index (χ1) is 15.1. The quantitative estimate of drug-likeness (QED) is 0.630. The number of hydrogen-bond donors (Lipinski definition) is 2. The Morgan fingerprint density at radius 3 is 2.52 bits per heavy atom. The summed E-state index contributed by atoms with van der Waals surface area (Å²) in [6, 6.07) is 12.1. The molecule has 0 bridgehead atoms. The van der Waals surface area contributed by atoms with Gasteiger partial charge in [-0.1, -0.05) is 12.1 Å². The summed E-state index contributed by atoms with van der Waals surface area (Å²) >= 11 is 0. The second kappa shape index (κ2) is 8.39. The van der Waals surface area contributed by atoms with Crippen LogP contribution in [0, 0.1) is 0 Å². The normalized spacial score (nSPS) is 15.0. The van der Waals surface area contributed by atoms with E-state index in [-0.39, 0.29) is 5.91 Å². The van der Waals surface area contributed by atoms with Gasteiger partial charge in [0.1, 0.15) is 18.1 Å². The number of aromatic nitrogens is 3. The summed E-state index contributed by atoms with van der Waals surface area (Å²) in [6.45, 7) is 1.83. The fraction of sp³-hybridized carbons (Fsp3) is 0.227. The van der Waals surface area contributed by atoms with E-state index in [1.54, 1.807) is 56.3 Å². The second-order valence-electron chi connectivity index (χ2n) is 6.86. The molecule has 9 nitrogen and oxygen atoms in total. The summed E-state index contributed by atoms with van der Waals surface area (Å²) in [4.78, 5) is 17.7. The van der Waals surface area contributed by atoms with Crippen LogP contribution in [-0.2, 0) is 4.79 Å². The molecule has 0 radical (unpaired) electrons. The van der Waals surface area contributed by atoms with Crippen LogP contribution in [0.25, 0.3) is 0 Å². The highest BCUT2D eigenvalue weighted by Gasteiger charge is 2.35. The number of ether oxygens (including phenoxy) is 3. The van der Waals surface area contributed by atoms with Gasteiger partial charge in [-0.25, -0.2) is 4.68 Å². The number of carbonyl (C=O) groups excluding carboxylic acids is 1. The fourth-order valence-electron chi connectivity index (χ4n) is 3.67. The van der Waals surface area contributed by atoms with E-state index < -0.39 is 6.04 Å². The molecule has 0 fully saturated rings. The van der Waals surface area contributed by atoms with Crippen LogP contribution in [0.15, 0.2) is 60.1 Å². The Bertz CT molecular complexity index is 1140. The molecule has 1 aromatic heterocycles. The van der Waals surface area contributed by atoms with E-state index in [4.69, 9.17) is 14.2 Å². The van der Waals surface area contributed by atoms with Gasteiger partial charge in [0.25, 0.3) is 5.91 Å². The van der Waals surface area contributed by atoms with Gasteiger partial charge < -0.3 is 24.8 Å². The molecule has 0 aliphatic carbocycles. The molecule has 1 aliphatic rings. The van der Waals surface area contributed by atoms with Crippen LogP contribution in [0.4, 0.5) is 11.6 Å². The highest BCUT2D eigenvalue weighted by molar-refractivity contribution is 6.06. The number of nitrogens with one attached hydrogen (secondary N) is 2. The van der Waals surface area contributed by atoms with Crippen LogP contribution in [0.3, 0.4) is 0 Å². The van der Waals surface area contributed by atoms with Crippen LogP contribution in [0.2, 0.25) is 0 Å². The first kappa shape index (κ1) is 20.3. The van der Waals surface area contributed by atoms with Gasteiger partial charge in [-0.15, -0.1) is 0 Å². The highest BCUT2D eigenvalue weighted by Crippen LogP contribution is 2.42. The van der Waals surface area contributed by atoms with Crippen molar-refractivity contribution >= 4 is 17.5 Å². The number of rotatable bonds is 6. The molecule has 0 saturated heterocycles. The Hall–Kier alpha value is -4.01. The molecule has 4 rings (SSSR count). The average Bonchev–Trinajstić information content (AvgIpc) is 3.25. The van der Waals surface area contributed by atoms with E-state index in [2.05, 4.69) is 20.7 Å². The molecule has 2 heterocycles. The zero-order valence-electron chi connectivity index (χ0n) is 17.7. The average molecular weight is 421 g/mol. The first-order valence-corrected chi connectivity index (χ1v) is 9.61. The third kappa shape index (κ3) is 3.65. The van der Waals surface area contributed by atoms with Gasteiger partial charge in [0.05, 0.1) is 26.9 Å². The predicted octanol–water partition coefficient (Wildman–Crippen LogP) is 3.23. The first-order valence-electron chi connectivity index (χ1n) is 9.61. The van der Waals surface area contributed by atoms with Gasteiger partial charge in [-0.05, 0) is 37.3 Å². The van der Waals surface area contributed by atoms with E-state index >= 15 is 0 Å². The zero-order valence-corrected chi connectivity index (χ0v) is 17.7. The molecule has 0 saturated carbocycles. The maximum atomic E-state index is 13.4. The Kier molecular flexibility index (Phi) is 5.48. The van der Waals surface area contributed by atoms with Crippen molar-refractivity contribution in [2.75, 3.05) is 32.0 Å². The van der Waals surface area contributed by atoms with Crippen molar-refractivity contribution in [3.63, 3.8) is 0 Å². The van der Waals surface area contributed by atoms with Crippen molar-refractivity contribution in [3.8, 4) is 17.2 Å². The Morgan fingerprint density at radius 2 is 1.84 bits per heavy atom. The summed E-state index contributed by atoms with van der Waals surface area (Å²) in [5, 5.41) is 10.5. The van der Waals surface area contributed by atoms with Gasteiger partial charge in [-0.3, -0.25) is 4.79 Å². The van der Waals surface area contributed by atoms with Crippen LogP contribution >= 0.6 is 0 Å². The smallest absolute Gasteiger partial charge is 0.255 e. The van der Waals surface area contributed by atoms with Crippen molar-refractivity contribution in [2.24, 2.45) is 0 Å². The van der Waals surface area contributed by atoms with Gasteiger partial charge in [-0.2, -0.15) is 10.1 Å². The summed E-state index contributed by atoms with van der Waals surface area (Å²) in [5.41, 5.74) is 2.53. The molecule has 2 N–H and O–H groups in total. The molecule has 1 atom stereocenters. The van der Waals surface area contributed by atoms with E-state index in [1.807, 2.05) is 19.1 Å². The van der Waals surface area contributed by atoms with Crippen molar-refractivity contribution in [2.45, 2.75) is 13.0 Å². The number of allylic oxidation sites excluding steroid dienone is 1. The van der Waals surface area contributed by atoms with Crippen LogP contribution in [0.1, 0.15) is 18.5 Å². The lowest BCUT2D eigenvalue weighted by Gasteiger charge is -2.30. The number of hydrogen-bond acceptors (Lipinski definition) is 7. The number of carbonyl (C=O) groups is 1. The van der Waals surface area contributed by atoms with Crippen LogP contribution in [-0.4, -0.2) is 42.0 Å². The second-order valence-corrected chi connectivity index (χ2v) is 6.86. The third-order valence-electron chi connectivity index (χ3n) is 5.11. The molecule has 31 heavy (non-hydrogen) atoms. The number of benzene rings is 2. The van der Waals surface area contributed by atoms with Gasteiger partial charge in [0, 0.05) is 16.9 Å². The number of anilines is 2. The van der Waals surface area contributed by atoms with E-state index in [1.165, 1.54) is 6.33 Å². The van der Waals surface area contributed by atoms with E-state index in [0.29, 0.717) is 40.2 Å². The minimum Gasteiger partial charge on any atom is -0.497 e. The summed E-state index contributed by atoms with van der Waals surface area (Å²) in [6.07, 6.45) is 1.44. The molecule has 3 aromatic rings. The predicted molar refractivity (Wildman–Crippen MR) is 116 cm³/mol. The van der Waals surface area contributed by atoms with Crippen molar-refractivity contribution in [1.29, 1.82) is 0 Å². The van der Waals surface area contributed by atoms with E-state index in [0.717, 1.165) is 5.56 Å². The number of methoxy groups -OCH3 is 3. The van der Waals surface area contributed by atoms with Crippen LogP contribution < -0.4 is 24.8 Å². The maximum Gasteiger partial charge on any atom is 0.255 e. The molecular weight excluding hydrogens is 398 g/mol. The number of para-hydroxylation sites is 1. The number of fused-ring (bicyclic) bond motifs is 1. The topological polar surface area (TPSA) is 99.5 Å². The Morgan fingerprint density at radius 1 is 1.06 bits per heavy atom. The minimum atomic E-state index is -0.568. The lowest BCUT2D eigenvalue weighted by molar-refractivity contribution is -0.113. The third-order valence-corrected chi connectivity index (χ3v) is 5.11. The van der Waals surface area contributed by atoms with Gasteiger partial charge in [0.15, 0.2) is 11.5 Å². The summed E-state index contributed by atoms with van der Waals surface area (Å²) in [7, 11) is 4.74. The SMILES string of the molecule is COc1ccc(NC(=O)C2=C(C)Nc3ncnn3[C@H]2c2cccc(OC)c2OC)cc1. The zero-order chi connectivity index (χ0) is 22.0. The summed E-state index contributed by atoms with van der Waals surface area (Å²) in [5.74, 6) is 2.06.